The number of esters is 1. The fraction of sp³-hybridized carbons (Fsp3) is 0.150. The molecule has 0 amide bonds. The minimum Gasteiger partial charge on any atom is -0.466 e. The maximum atomic E-state index is 12.6. The molecule has 0 aliphatic heterocycles. The largest absolute Gasteiger partial charge is 0.466 e. The number of sulfone groups is 1. The van der Waals surface area contributed by atoms with E-state index in [2.05, 4.69) is 15.5 Å². The Morgan fingerprint density at radius 1 is 1.17 bits per heavy atom. The predicted octanol–water partition coefficient (Wildman–Crippen LogP) is 4.18. The number of carbonyl (C=O) groups excluding carboxylic acids is 1. The molecular formula is C20H18ClN3O4S2. The summed E-state index contributed by atoms with van der Waals surface area (Å²) in [5, 5.41) is 6.86. The molecule has 0 aliphatic rings. The fourth-order valence-corrected chi connectivity index (χ4v) is 4.49. The Balaban J connectivity index is 1.62. The first-order chi connectivity index (χ1) is 14.4. The van der Waals surface area contributed by atoms with Crippen molar-refractivity contribution in [3.05, 3.63) is 70.2 Å². The molecule has 1 heterocycles. The van der Waals surface area contributed by atoms with Crippen molar-refractivity contribution in [2.45, 2.75) is 23.1 Å². The van der Waals surface area contributed by atoms with Crippen molar-refractivity contribution in [1.82, 2.24) is 4.98 Å². The van der Waals surface area contributed by atoms with Crippen molar-refractivity contribution in [2.24, 2.45) is 5.10 Å². The van der Waals surface area contributed by atoms with Gasteiger partial charge in [0.25, 0.3) is 0 Å². The molecule has 0 saturated heterocycles. The summed E-state index contributed by atoms with van der Waals surface area (Å²) >= 11 is 7.13. The van der Waals surface area contributed by atoms with Crippen LogP contribution in [0.4, 0.5) is 5.13 Å². The van der Waals surface area contributed by atoms with E-state index < -0.39 is 9.84 Å². The van der Waals surface area contributed by atoms with E-state index in [4.69, 9.17) is 16.3 Å². The number of benzene rings is 2. The van der Waals surface area contributed by atoms with Crippen molar-refractivity contribution in [3.8, 4) is 0 Å². The number of rotatable bonds is 8. The molecule has 30 heavy (non-hydrogen) atoms. The smallest absolute Gasteiger partial charge is 0.311 e. The van der Waals surface area contributed by atoms with E-state index in [0.29, 0.717) is 28.0 Å². The van der Waals surface area contributed by atoms with Gasteiger partial charge in [-0.1, -0.05) is 23.7 Å². The van der Waals surface area contributed by atoms with E-state index in [9.17, 15) is 13.2 Å². The Bertz CT molecular complexity index is 1140. The number of hydrazone groups is 1. The quantitative estimate of drug-likeness (QED) is 0.305. The van der Waals surface area contributed by atoms with Crippen LogP contribution in [0.3, 0.4) is 0 Å². The highest BCUT2D eigenvalue weighted by atomic mass is 35.5. The number of carbonyl (C=O) groups is 1. The number of anilines is 1. The molecule has 0 radical (unpaired) electrons. The summed E-state index contributed by atoms with van der Waals surface area (Å²) in [5.41, 5.74) is 4.10. The van der Waals surface area contributed by atoms with Crippen LogP contribution in [0, 0.1) is 0 Å². The average Bonchev–Trinajstić information content (AvgIpc) is 3.16. The lowest BCUT2D eigenvalue weighted by Crippen LogP contribution is -2.07. The van der Waals surface area contributed by atoms with Crippen LogP contribution < -0.4 is 5.43 Å². The van der Waals surface area contributed by atoms with Gasteiger partial charge in [0, 0.05) is 10.4 Å². The number of halogens is 1. The zero-order valence-corrected chi connectivity index (χ0v) is 18.3. The minimum absolute atomic E-state index is 0.110. The predicted molar refractivity (Wildman–Crippen MR) is 117 cm³/mol. The van der Waals surface area contributed by atoms with Crippen LogP contribution in [0.1, 0.15) is 18.2 Å². The van der Waals surface area contributed by atoms with E-state index in [-0.39, 0.29) is 22.2 Å². The van der Waals surface area contributed by atoms with Gasteiger partial charge in [-0.25, -0.2) is 13.4 Å². The third kappa shape index (κ3) is 5.65. The van der Waals surface area contributed by atoms with E-state index in [1.807, 2.05) is 0 Å². The number of hydrogen-bond donors (Lipinski definition) is 1. The van der Waals surface area contributed by atoms with Gasteiger partial charge in [0.15, 0.2) is 0 Å². The maximum absolute atomic E-state index is 12.6. The summed E-state index contributed by atoms with van der Waals surface area (Å²) < 4.78 is 30.2. The second-order valence-electron chi connectivity index (χ2n) is 6.02. The van der Waals surface area contributed by atoms with Crippen molar-refractivity contribution < 1.29 is 17.9 Å². The molecule has 0 unspecified atom stereocenters. The monoisotopic (exact) mass is 463 g/mol. The number of hydrogen-bond acceptors (Lipinski definition) is 8. The molecule has 3 aromatic rings. The van der Waals surface area contributed by atoms with Crippen LogP contribution in [0.25, 0.3) is 0 Å². The van der Waals surface area contributed by atoms with Crippen LogP contribution >= 0.6 is 22.9 Å². The first-order valence-electron chi connectivity index (χ1n) is 8.88. The second kappa shape index (κ2) is 9.84. The third-order valence-corrected chi connectivity index (χ3v) is 6.70. The molecule has 0 spiro atoms. The topological polar surface area (TPSA) is 97.7 Å². The SMILES string of the molecule is CCOC(=O)Cc1csc(NN=Cc2ccc(S(=O)(=O)c3ccc(Cl)cc3)cc2)n1. The second-order valence-corrected chi connectivity index (χ2v) is 9.27. The van der Waals surface area contributed by atoms with Gasteiger partial charge in [0.1, 0.15) is 0 Å². The van der Waals surface area contributed by atoms with Gasteiger partial charge < -0.3 is 4.74 Å². The molecule has 156 valence electrons. The molecule has 10 heteroatoms. The standard InChI is InChI=1S/C20H18ClN3O4S2/c1-2-28-19(25)11-16-13-29-20(23-16)24-22-12-14-3-7-17(8-4-14)30(26,27)18-9-5-15(21)6-10-18/h3-10,12-13H,2,11H2,1H3,(H,23,24). The van der Waals surface area contributed by atoms with Gasteiger partial charge in [-0.05, 0) is 48.9 Å². The number of aromatic nitrogens is 1. The van der Waals surface area contributed by atoms with Crippen LogP contribution in [0.5, 0.6) is 0 Å². The molecule has 7 nitrogen and oxygen atoms in total. The van der Waals surface area contributed by atoms with Crippen LogP contribution in [-0.4, -0.2) is 32.2 Å². The van der Waals surface area contributed by atoms with E-state index >= 15 is 0 Å². The van der Waals surface area contributed by atoms with Gasteiger partial charge in [-0.15, -0.1) is 11.3 Å². The summed E-state index contributed by atoms with van der Waals surface area (Å²) in [6, 6.07) is 12.4. The molecule has 0 aliphatic carbocycles. The highest BCUT2D eigenvalue weighted by Crippen LogP contribution is 2.22. The highest BCUT2D eigenvalue weighted by Gasteiger charge is 2.17. The summed E-state index contributed by atoms with van der Waals surface area (Å²) in [7, 11) is -3.61. The van der Waals surface area contributed by atoms with E-state index in [0.717, 1.165) is 0 Å². The molecule has 0 atom stereocenters. The zero-order valence-electron chi connectivity index (χ0n) is 15.9. The van der Waals surface area contributed by atoms with Crippen LogP contribution in [-0.2, 0) is 25.8 Å². The number of nitrogens with one attached hydrogen (secondary N) is 1. The first-order valence-corrected chi connectivity index (χ1v) is 11.6. The Labute approximate surface area is 183 Å². The van der Waals surface area contributed by atoms with Gasteiger partial charge in [-0.2, -0.15) is 5.10 Å². The van der Waals surface area contributed by atoms with Crippen LogP contribution in [0.2, 0.25) is 5.02 Å². The number of thiazole rings is 1. The summed E-state index contributed by atoms with van der Waals surface area (Å²) in [5.74, 6) is -0.327. The third-order valence-electron chi connectivity index (χ3n) is 3.87. The number of nitrogens with zero attached hydrogens (tertiary/aromatic N) is 2. The van der Waals surface area contributed by atoms with E-state index in [1.54, 1.807) is 30.7 Å². The average molecular weight is 464 g/mol. The Morgan fingerprint density at radius 2 is 1.80 bits per heavy atom. The molecule has 1 N–H and O–H groups in total. The van der Waals surface area contributed by atoms with Gasteiger partial charge in [0.05, 0.1) is 34.7 Å². The summed E-state index contributed by atoms with van der Waals surface area (Å²) in [6.45, 7) is 2.08. The van der Waals surface area contributed by atoms with Gasteiger partial charge in [0.2, 0.25) is 15.0 Å². The minimum atomic E-state index is -3.61. The lowest BCUT2D eigenvalue weighted by molar-refractivity contribution is -0.142. The lowest BCUT2D eigenvalue weighted by Gasteiger charge is -2.05. The summed E-state index contributed by atoms with van der Waals surface area (Å²) in [4.78, 5) is 16.1. The molecular weight excluding hydrogens is 446 g/mol. The van der Waals surface area contributed by atoms with Crippen molar-refractivity contribution in [1.29, 1.82) is 0 Å². The van der Waals surface area contributed by atoms with Crippen molar-refractivity contribution in [2.75, 3.05) is 12.0 Å². The van der Waals surface area contributed by atoms with E-state index in [1.165, 1.54) is 47.7 Å². The van der Waals surface area contributed by atoms with Crippen molar-refractivity contribution >= 4 is 50.1 Å². The highest BCUT2D eigenvalue weighted by molar-refractivity contribution is 7.91. The fourth-order valence-electron chi connectivity index (χ4n) is 2.44. The normalized spacial score (nSPS) is 11.5. The lowest BCUT2D eigenvalue weighted by atomic mass is 10.2. The first kappa shape index (κ1) is 21.9. The molecule has 2 aromatic carbocycles. The Morgan fingerprint density at radius 3 is 2.43 bits per heavy atom. The Hall–Kier alpha value is -2.75. The summed E-state index contributed by atoms with van der Waals surface area (Å²) in [6.07, 6.45) is 1.66. The molecule has 3 rings (SSSR count). The molecule has 1 aromatic heterocycles. The number of ether oxygens (including phenoxy) is 1. The van der Waals surface area contributed by atoms with Gasteiger partial charge in [-0.3, -0.25) is 10.2 Å². The maximum Gasteiger partial charge on any atom is 0.311 e. The van der Waals surface area contributed by atoms with Crippen molar-refractivity contribution in [3.63, 3.8) is 0 Å². The molecule has 0 saturated carbocycles. The molecule has 0 fully saturated rings. The Kier molecular flexibility index (Phi) is 7.20. The molecule has 0 bridgehead atoms. The zero-order chi connectivity index (χ0) is 21.6. The van der Waals surface area contributed by atoms with Gasteiger partial charge >= 0.3 is 5.97 Å². The van der Waals surface area contributed by atoms with Crippen LogP contribution in [0.15, 0.2) is 68.8 Å².